The number of rotatable bonds is 4. The van der Waals surface area contributed by atoms with Crippen molar-refractivity contribution >= 4 is 33.0 Å². The van der Waals surface area contributed by atoms with Gasteiger partial charge in [-0.25, -0.2) is 0 Å². The molecule has 0 spiro atoms. The molecule has 3 heteroatoms. The number of benzene rings is 2. The Hall–Kier alpha value is -1.35. The molecule has 3 rings (SSSR count). The van der Waals surface area contributed by atoms with Gasteiger partial charge in [-0.2, -0.15) is 0 Å². The van der Waals surface area contributed by atoms with Crippen molar-refractivity contribution in [2.24, 2.45) is 0 Å². The summed E-state index contributed by atoms with van der Waals surface area (Å²) in [5.41, 5.74) is 3.58. The third kappa shape index (κ3) is 2.71. The summed E-state index contributed by atoms with van der Waals surface area (Å²) in [6, 6.07) is 15.0. The molecule has 1 N–H and O–H groups in total. The zero-order valence-corrected chi connectivity index (χ0v) is 13.8. The van der Waals surface area contributed by atoms with Gasteiger partial charge in [0.1, 0.15) is 0 Å². The minimum atomic E-state index is 0.129. The van der Waals surface area contributed by atoms with E-state index in [-0.39, 0.29) is 6.04 Å². The van der Waals surface area contributed by atoms with E-state index >= 15 is 0 Å². The van der Waals surface area contributed by atoms with Crippen LogP contribution in [0.1, 0.15) is 29.7 Å². The average molecular weight is 316 g/mol. The Balaban J connectivity index is 2.18. The molecule has 0 saturated carbocycles. The van der Waals surface area contributed by atoms with Gasteiger partial charge in [-0.1, -0.05) is 54.9 Å². The molecule has 1 heterocycles. The maximum absolute atomic E-state index is 6.56. The average Bonchev–Trinajstić information content (AvgIpc) is 2.97. The van der Waals surface area contributed by atoms with Crippen molar-refractivity contribution in [3.05, 3.63) is 69.6 Å². The van der Waals surface area contributed by atoms with E-state index < -0.39 is 0 Å². The third-order valence-electron chi connectivity index (χ3n) is 3.76. The second-order valence-corrected chi connectivity index (χ2v) is 6.45. The van der Waals surface area contributed by atoms with Gasteiger partial charge < -0.3 is 5.32 Å². The first-order valence-corrected chi connectivity index (χ1v) is 8.42. The van der Waals surface area contributed by atoms with Crippen molar-refractivity contribution in [1.29, 1.82) is 0 Å². The molecular weight excluding hydrogens is 298 g/mol. The summed E-state index contributed by atoms with van der Waals surface area (Å²) in [6.45, 7) is 5.09. The van der Waals surface area contributed by atoms with Crippen LogP contribution >= 0.6 is 22.9 Å². The Morgan fingerprint density at radius 3 is 2.67 bits per heavy atom. The van der Waals surface area contributed by atoms with Crippen LogP contribution in [0.15, 0.2) is 47.8 Å². The molecule has 1 unspecified atom stereocenters. The van der Waals surface area contributed by atoms with Crippen LogP contribution in [0, 0.1) is 6.92 Å². The van der Waals surface area contributed by atoms with E-state index in [0.717, 1.165) is 22.7 Å². The summed E-state index contributed by atoms with van der Waals surface area (Å²) in [7, 11) is 0. The number of hydrogen-bond acceptors (Lipinski definition) is 2. The molecule has 1 nitrogen and oxygen atoms in total. The highest BCUT2D eigenvalue weighted by Gasteiger charge is 2.19. The van der Waals surface area contributed by atoms with E-state index in [1.165, 1.54) is 15.6 Å². The van der Waals surface area contributed by atoms with Crippen LogP contribution in [0.3, 0.4) is 0 Å². The number of halogens is 1. The molecule has 0 bridgehead atoms. The van der Waals surface area contributed by atoms with Crippen LogP contribution in [0.25, 0.3) is 10.1 Å². The summed E-state index contributed by atoms with van der Waals surface area (Å²) in [4.78, 5) is 0. The van der Waals surface area contributed by atoms with E-state index in [1.54, 1.807) is 11.3 Å². The predicted octanol–water partition coefficient (Wildman–Crippen LogP) is 5.56. The molecule has 3 aromatic rings. The third-order valence-corrected chi connectivity index (χ3v) is 5.26. The minimum Gasteiger partial charge on any atom is -0.306 e. The van der Waals surface area contributed by atoms with Crippen LogP contribution in [0.5, 0.6) is 0 Å². The lowest BCUT2D eigenvalue weighted by Crippen LogP contribution is -2.22. The van der Waals surface area contributed by atoms with Crippen LogP contribution in [0.2, 0.25) is 5.02 Å². The second kappa shape index (κ2) is 6.18. The van der Waals surface area contributed by atoms with Gasteiger partial charge >= 0.3 is 0 Å². The Kier molecular flexibility index (Phi) is 4.29. The highest BCUT2D eigenvalue weighted by molar-refractivity contribution is 7.17. The SMILES string of the molecule is CCNC(c1cccc(C)c1Cl)c1cccc2ccsc12. The minimum absolute atomic E-state index is 0.129. The van der Waals surface area contributed by atoms with Gasteiger partial charge in [0.15, 0.2) is 0 Å². The predicted molar refractivity (Wildman–Crippen MR) is 93.5 cm³/mol. The summed E-state index contributed by atoms with van der Waals surface area (Å²) < 4.78 is 1.33. The molecule has 0 aliphatic heterocycles. The van der Waals surface area contributed by atoms with E-state index in [0.29, 0.717) is 0 Å². The van der Waals surface area contributed by atoms with Gasteiger partial charge in [0.05, 0.1) is 6.04 Å². The number of hydrogen-bond donors (Lipinski definition) is 1. The largest absolute Gasteiger partial charge is 0.306 e. The van der Waals surface area contributed by atoms with Gasteiger partial charge in [-0.15, -0.1) is 11.3 Å². The van der Waals surface area contributed by atoms with Gasteiger partial charge in [0.2, 0.25) is 0 Å². The van der Waals surface area contributed by atoms with E-state index in [9.17, 15) is 0 Å². The quantitative estimate of drug-likeness (QED) is 0.664. The molecular formula is C18H18ClNS. The van der Waals surface area contributed by atoms with E-state index in [2.05, 4.69) is 67.0 Å². The normalized spacial score (nSPS) is 12.7. The lowest BCUT2D eigenvalue weighted by atomic mass is 9.96. The monoisotopic (exact) mass is 315 g/mol. The van der Waals surface area contributed by atoms with Crippen molar-refractivity contribution < 1.29 is 0 Å². The van der Waals surface area contributed by atoms with Crippen molar-refractivity contribution in [1.82, 2.24) is 5.32 Å². The molecule has 0 radical (unpaired) electrons. The molecule has 2 aromatic carbocycles. The lowest BCUT2D eigenvalue weighted by Gasteiger charge is -2.21. The Morgan fingerprint density at radius 2 is 1.86 bits per heavy atom. The smallest absolute Gasteiger partial charge is 0.0605 e. The molecule has 0 aliphatic carbocycles. The first kappa shape index (κ1) is 14.6. The number of fused-ring (bicyclic) bond motifs is 1. The van der Waals surface area contributed by atoms with Gasteiger partial charge in [0.25, 0.3) is 0 Å². The molecule has 0 fully saturated rings. The fourth-order valence-corrected chi connectivity index (χ4v) is 3.91. The van der Waals surface area contributed by atoms with Crippen molar-refractivity contribution in [3.63, 3.8) is 0 Å². The fraction of sp³-hybridized carbons (Fsp3) is 0.222. The van der Waals surface area contributed by atoms with Crippen LogP contribution < -0.4 is 5.32 Å². The molecule has 0 aliphatic rings. The van der Waals surface area contributed by atoms with Crippen LogP contribution in [-0.4, -0.2) is 6.54 Å². The Labute approximate surface area is 134 Å². The molecule has 21 heavy (non-hydrogen) atoms. The van der Waals surface area contributed by atoms with Gasteiger partial charge in [0, 0.05) is 9.72 Å². The molecule has 1 aromatic heterocycles. The summed E-state index contributed by atoms with van der Waals surface area (Å²) in [5, 5.41) is 7.89. The zero-order valence-electron chi connectivity index (χ0n) is 12.2. The summed E-state index contributed by atoms with van der Waals surface area (Å²) >= 11 is 8.35. The molecule has 1 atom stereocenters. The van der Waals surface area contributed by atoms with Crippen molar-refractivity contribution in [2.45, 2.75) is 19.9 Å². The summed E-state index contributed by atoms with van der Waals surface area (Å²) in [6.07, 6.45) is 0. The highest BCUT2D eigenvalue weighted by Crippen LogP contribution is 2.35. The van der Waals surface area contributed by atoms with Gasteiger partial charge in [-0.05, 0) is 47.0 Å². The first-order valence-electron chi connectivity index (χ1n) is 7.17. The molecule has 0 saturated heterocycles. The van der Waals surface area contributed by atoms with E-state index in [4.69, 9.17) is 11.6 Å². The Morgan fingerprint density at radius 1 is 1.10 bits per heavy atom. The second-order valence-electron chi connectivity index (χ2n) is 5.16. The zero-order chi connectivity index (χ0) is 14.8. The molecule has 0 amide bonds. The maximum atomic E-state index is 6.56. The van der Waals surface area contributed by atoms with E-state index in [1.807, 2.05) is 0 Å². The topological polar surface area (TPSA) is 12.0 Å². The van der Waals surface area contributed by atoms with Gasteiger partial charge in [-0.3, -0.25) is 0 Å². The highest BCUT2D eigenvalue weighted by atomic mass is 35.5. The Bertz CT molecular complexity index is 763. The number of thiophene rings is 1. The fourth-order valence-electron chi connectivity index (χ4n) is 2.73. The molecule has 108 valence electrons. The van der Waals surface area contributed by atoms with Crippen LogP contribution in [0.4, 0.5) is 0 Å². The van der Waals surface area contributed by atoms with Crippen LogP contribution in [-0.2, 0) is 0 Å². The lowest BCUT2D eigenvalue weighted by molar-refractivity contribution is 0.635. The van der Waals surface area contributed by atoms with Crippen molar-refractivity contribution in [3.8, 4) is 0 Å². The standard InChI is InChI=1S/C18H18ClNS/c1-3-20-17(14-8-4-6-12(2)16(14)19)15-9-5-7-13-10-11-21-18(13)15/h4-11,17,20H,3H2,1-2H3. The maximum Gasteiger partial charge on any atom is 0.0605 e. The summed E-state index contributed by atoms with van der Waals surface area (Å²) in [5.74, 6) is 0. The van der Waals surface area contributed by atoms with Crippen molar-refractivity contribution in [2.75, 3.05) is 6.54 Å². The number of nitrogens with one attached hydrogen (secondary N) is 1. The first-order chi connectivity index (χ1) is 10.2. The number of aryl methyl sites for hydroxylation is 1.